The van der Waals surface area contributed by atoms with Crippen molar-refractivity contribution >= 4 is 51.8 Å². The van der Waals surface area contributed by atoms with E-state index in [4.69, 9.17) is 37.7 Å². The number of ether oxygens (including phenoxy) is 7. The Balaban J connectivity index is 2.90. The standard InChI is InChI=1S/C60H110N2O21P2/c1-22-33(3)36(64)24-42(66)61-46-35(5)77-38(48(70)50(46)81-44(68)25-39(65)58(15,16)30-55(6,7)8)29-76-53-47(62-43(67)26-40(79-52(71)34(4)23-2)59(17,18)31-56(9,10)11)51(49(37(28-63)78-53)83-85(73,74)75)82-45(69)27-41(80-54(72)84-21)60(19,20)32-57(12,13)14/h33-41,46-51,53,63-65,70,84H,22-32H2,1-21H3,(H,61,66)(H,62,67)(H2,73,74,75)/t33?,34?,35?,36-,37?,38?,39-,40-,41-,46?,47?,48?,49?,50?,51?,53?/m0/s1. The van der Waals surface area contributed by atoms with Crippen LogP contribution in [0, 0.1) is 44.3 Å². The lowest BCUT2D eigenvalue weighted by Crippen LogP contribution is -2.67. The number of aliphatic hydroxyl groups excluding tert-OH is 4. The van der Waals surface area contributed by atoms with E-state index in [1.54, 1.807) is 41.3 Å². The largest absolute Gasteiger partial charge is 0.470 e. The van der Waals surface area contributed by atoms with Gasteiger partial charge in [-0.1, -0.05) is 138 Å². The van der Waals surface area contributed by atoms with Crippen LogP contribution in [-0.2, 0) is 66.2 Å². The molecule has 25 heteroatoms. The maximum atomic E-state index is 14.8. The summed E-state index contributed by atoms with van der Waals surface area (Å²) in [4.78, 5) is 104. The molecule has 23 nitrogen and oxygen atoms in total. The van der Waals surface area contributed by atoms with E-state index in [-0.39, 0.29) is 37.2 Å². The molecular weight excluding hydrogens is 1150 g/mol. The molecule has 2 aliphatic rings. The van der Waals surface area contributed by atoms with Gasteiger partial charge in [0, 0.05) is 10.8 Å². The minimum Gasteiger partial charge on any atom is -0.461 e. The van der Waals surface area contributed by atoms with Crippen molar-refractivity contribution in [3.05, 3.63) is 0 Å². The molecule has 0 bridgehead atoms. The average molecular weight is 1260 g/mol. The van der Waals surface area contributed by atoms with Crippen molar-refractivity contribution in [2.24, 2.45) is 44.3 Å². The highest BCUT2D eigenvalue weighted by Crippen LogP contribution is 2.45. The monoisotopic (exact) mass is 1260 g/mol. The SMILES string of the molecule is CCC(C)C(=O)O[C@@H](CC(=O)NC1C(OCC2OC(C)C(NC(=O)C[C@H](O)C(C)CC)C(OC(=O)C[C@H](O)C(C)(C)CC(C)(C)C)C2O)OC(CO)C(OP(=O)(O)O)C1OC(=O)C[C@H](OC(=O)PC)C(C)(C)CC(C)(C)C)C(C)(C)CC(C)(C)C. The number of carbonyl (C=O) groups excluding carboxylic acids is 6. The van der Waals surface area contributed by atoms with E-state index in [2.05, 4.69) is 10.6 Å². The minimum absolute atomic E-state index is 0.232. The van der Waals surface area contributed by atoms with E-state index in [9.17, 15) is 63.5 Å². The Morgan fingerprint density at radius 1 is 0.635 bits per heavy atom. The fourth-order valence-electron chi connectivity index (χ4n) is 11.9. The van der Waals surface area contributed by atoms with Crippen molar-refractivity contribution in [2.75, 3.05) is 19.9 Å². The van der Waals surface area contributed by atoms with E-state index < -0.39 is 183 Å². The van der Waals surface area contributed by atoms with Gasteiger partial charge in [0.2, 0.25) is 11.8 Å². The number of esters is 3. The molecule has 13 unspecified atom stereocenters. The Morgan fingerprint density at radius 2 is 1.12 bits per heavy atom. The lowest BCUT2D eigenvalue weighted by molar-refractivity contribution is -0.286. The number of aliphatic hydroxyl groups is 4. The van der Waals surface area contributed by atoms with Crippen molar-refractivity contribution in [1.82, 2.24) is 10.6 Å². The van der Waals surface area contributed by atoms with Crippen LogP contribution in [0.2, 0.25) is 0 Å². The predicted octanol–water partition coefficient (Wildman–Crippen LogP) is 7.63. The van der Waals surface area contributed by atoms with Crippen LogP contribution in [0.1, 0.15) is 196 Å². The van der Waals surface area contributed by atoms with E-state index in [0.29, 0.717) is 32.1 Å². The minimum atomic E-state index is -5.59. The molecule has 2 aliphatic heterocycles. The molecule has 0 saturated carbocycles. The first-order chi connectivity index (χ1) is 38.6. The number of amides is 2. The van der Waals surface area contributed by atoms with Gasteiger partial charge in [-0.15, -0.1) is 0 Å². The maximum absolute atomic E-state index is 14.8. The number of carbonyl (C=O) groups is 6. The van der Waals surface area contributed by atoms with E-state index in [0.717, 1.165) is 0 Å². The van der Waals surface area contributed by atoms with Crippen molar-refractivity contribution in [2.45, 2.75) is 282 Å². The summed E-state index contributed by atoms with van der Waals surface area (Å²) in [5, 5.41) is 50.8. The Bertz CT molecular complexity index is 2220. The lowest BCUT2D eigenvalue weighted by atomic mass is 9.72. The molecule has 2 amide bonds. The van der Waals surface area contributed by atoms with Gasteiger partial charge in [-0.2, -0.15) is 0 Å². The molecule has 2 heterocycles. The van der Waals surface area contributed by atoms with Gasteiger partial charge in [0.15, 0.2) is 18.5 Å². The normalized spacial score (nSPS) is 26.1. The Kier molecular flexibility index (Phi) is 29.6. The smallest absolute Gasteiger partial charge is 0.461 e. The van der Waals surface area contributed by atoms with Crippen LogP contribution in [0.4, 0.5) is 4.79 Å². The third-order valence-electron chi connectivity index (χ3n) is 15.8. The molecule has 0 spiro atoms. The predicted molar refractivity (Wildman–Crippen MR) is 320 cm³/mol. The van der Waals surface area contributed by atoms with Gasteiger partial charge in [-0.3, -0.25) is 28.5 Å². The Labute approximate surface area is 507 Å². The van der Waals surface area contributed by atoms with Gasteiger partial charge >= 0.3 is 31.4 Å². The Morgan fingerprint density at radius 3 is 1.60 bits per heavy atom. The van der Waals surface area contributed by atoms with Gasteiger partial charge in [0.1, 0.15) is 42.7 Å². The summed E-state index contributed by atoms with van der Waals surface area (Å²) in [6.45, 7) is 37.2. The Hall–Kier alpha value is -2.92. The van der Waals surface area contributed by atoms with Crippen LogP contribution >= 0.6 is 16.4 Å². The van der Waals surface area contributed by atoms with Crippen molar-refractivity contribution in [3.63, 3.8) is 0 Å². The summed E-state index contributed by atoms with van der Waals surface area (Å²) < 4.78 is 61.0. The van der Waals surface area contributed by atoms with Crippen molar-refractivity contribution < 1.29 is 101 Å². The molecule has 496 valence electrons. The second-order valence-corrected chi connectivity index (χ2v) is 31.5. The first kappa shape index (κ1) is 78.2. The lowest BCUT2D eigenvalue weighted by Gasteiger charge is -2.47. The molecular formula is C60H110N2O21P2. The molecule has 2 fully saturated rings. The summed E-state index contributed by atoms with van der Waals surface area (Å²) in [7, 11) is -5.90. The topological polar surface area (TPSA) is 339 Å². The van der Waals surface area contributed by atoms with Crippen LogP contribution in [0.5, 0.6) is 0 Å². The molecule has 2 rings (SSSR count). The second kappa shape index (κ2) is 32.2. The number of phosphoric ester groups is 1. The van der Waals surface area contributed by atoms with Crippen molar-refractivity contribution in [1.29, 1.82) is 0 Å². The van der Waals surface area contributed by atoms with Gasteiger partial charge in [0.25, 0.3) is 0 Å². The zero-order valence-electron chi connectivity index (χ0n) is 54.8. The molecule has 0 aromatic carbocycles. The van der Waals surface area contributed by atoms with Crippen LogP contribution in [0.15, 0.2) is 0 Å². The zero-order valence-corrected chi connectivity index (χ0v) is 56.7. The summed E-state index contributed by atoms with van der Waals surface area (Å²) in [5.41, 5.74) is -4.01. The fraction of sp³-hybridized carbons (Fsp3) is 0.900. The number of phosphoric acid groups is 1. The van der Waals surface area contributed by atoms with Crippen LogP contribution in [0.3, 0.4) is 0 Å². The van der Waals surface area contributed by atoms with Crippen molar-refractivity contribution in [3.8, 4) is 0 Å². The number of rotatable bonds is 31. The summed E-state index contributed by atoms with van der Waals surface area (Å²) in [6.07, 6.45) is -17.7. The summed E-state index contributed by atoms with van der Waals surface area (Å²) >= 11 is 0. The zero-order chi connectivity index (χ0) is 65.8. The average Bonchev–Trinajstić information content (AvgIpc) is 2.32. The van der Waals surface area contributed by atoms with Gasteiger partial charge in [-0.25, -0.2) is 9.36 Å². The van der Waals surface area contributed by atoms with E-state index >= 15 is 0 Å². The highest BCUT2D eigenvalue weighted by Gasteiger charge is 2.55. The fourth-order valence-corrected chi connectivity index (χ4v) is 12.7. The van der Waals surface area contributed by atoms with E-state index in [1.165, 1.54) is 6.92 Å². The molecule has 0 aliphatic carbocycles. The number of hydrogen-bond donors (Lipinski definition) is 8. The van der Waals surface area contributed by atoms with E-state index in [1.807, 2.05) is 96.9 Å². The van der Waals surface area contributed by atoms with Crippen LogP contribution in [0.25, 0.3) is 0 Å². The molecule has 0 aromatic rings. The summed E-state index contributed by atoms with van der Waals surface area (Å²) in [6, 6.07) is -3.06. The molecule has 8 N–H and O–H groups in total. The van der Waals surface area contributed by atoms with Gasteiger partial charge in [0.05, 0.1) is 69.2 Å². The van der Waals surface area contributed by atoms with Crippen LogP contribution < -0.4 is 10.6 Å². The molecule has 0 aromatic heterocycles. The molecule has 17 atom stereocenters. The first-order valence-electron chi connectivity index (χ1n) is 30.0. The maximum Gasteiger partial charge on any atom is 0.470 e. The molecule has 0 radical (unpaired) electrons. The highest BCUT2D eigenvalue weighted by atomic mass is 31.2. The van der Waals surface area contributed by atoms with Crippen LogP contribution in [-0.4, -0.2) is 171 Å². The molecule has 85 heavy (non-hydrogen) atoms. The summed E-state index contributed by atoms with van der Waals surface area (Å²) in [5.74, 6) is -4.89. The second-order valence-electron chi connectivity index (χ2n) is 29.4. The third kappa shape index (κ3) is 26.2. The van der Waals surface area contributed by atoms with Gasteiger partial charge < -0.3 is 74.0 Å². The highest BCUT2D eigenvalue weighted by molar-refractivity contribution is 7.56. The van der Waals surface area contributed by atoms with Gasteiger partial charge in [-0.05, 0) is 75.4 Å². The third-order valence-corrected chi connectivity index (χ3v) is 16.8. The number of hydrogen-bond acceptors (Lipinski definition) is 19. The first-order valence-corrected chi connectivity index (χ1v) is 33.0. The molecule has 2 saturated heterocycles. The quantitative estimate of drug-likeness (QED) is 0.0188. The number of nitrogens with one attached hydrogen (secondary N) is 2.